The molecule has 0 saturated heterocycles. The molecule has 5 heteroatoms. The van der Waals surface area contributed by atoms with Crippen LogP contribution in [0.4, 0.5) is 0 Å². The number of aromatic nitrogens is 2. The topological polar surface area (TPSA) is 64.9 Å². The van der Waals surface area contributed by atoms with Gasteiger partial charge in [-0.25, -0.2) is 0 Å². The van der Waals surface area contributed by atoms with Gasteiger partial charge in [-0.2, -0.15) is 4.98 Å². The van der Waals surface area contributed by atoms with Crippen molar-refractivity contribution in [1.82, 2.24) is 10.1 Å². The van der Waals surface area contributed by atoms with Crippen LogP contribution in [0.5, 0.6) is 0 Å². The van der Waals surface area contributed by atoms with Crippen molar-refractivity contribution in [2.45, 2.75) is 26.2 Å². The van der Waals surface area contributed by atoms with Crippen molar-refractivity contribution in [3.05, 3.63) is 34.1 Å². The van der Waals surface area contributed by atoms with Crippen molar-refractivity contribution < 1.29 is 4.52 Å². The summed E-state index contributed by atoms with van der Waals surface area (Å²) in [5.74, 6) is 1.90. The van der Waals surface area contributed by atoms with Crippen LogP contribution in [0.25, 0.3) is 0 Å². The highest BCUT2D eigenvalue weighted by molar-refractivity contribution is 7.09. The molecule has 0 aromatic carbocycles. The van der Waals surface area contributed by atoms with Crippen LogP contribution < -0.4 is 5.73 Å². The maximum absolute atomic E-state index is 5.66. The molecule has 0 aliphatic rings. The summed E-state index contributed by atoms with van der Waals surface area (Å²) >= 11 is 1.71. The van der Waals surface area contributed by atoms with Crippen LogP contribution in [-0.2, 0) is 12.8 Å². The predicted octanol–water partition coefficient (Wildman–Crippen LogP) is 2.25. The average molecular weight is 251 g/mol. The third kappa shape index (κ3) is 3.38. The number of thiophene rings is 1. The van der Waals surface area contributed by atoms with Crippen LogP contribution in [0.1, 0.15) is 29.9 Å². The molecule has 0 radical (unpaired) electrons. The Balaban J connectivity index is 1.96. The van der Waals surface area contributed by atoms with Gasteiger partial charge in [-0.15, -0.1) is 11.3 Å². The first-order valence-electron chi connectivity index (χ1n) is 5.85. The van der Waals surface area contributed by atoms with E-state index in [9.17, 15) is 0 Å². The Morgan fingerprint density at radius 2 is 2.41 bits per heavy atom. The zero-order valence-electron chi connectivity index (χ0n) is 9.93. The SMILES string of the molecule is CCC(CN)Cc1nc(Cc2cccs2)no1. The third-order valence-corrected chi connectivity index (χ3v) is 3.67. The first-order chi connectivity index (χ1) is 8.31. The Morgan fingerprint density at radius 1 is 1.53 bits per heavy atom. The Morgan fingerprint density at radius 3 is 3.06 bits per heavy atom. The summed E-state index contributed by atoms with van der Waals surface area (Å²) < 4.78 is 5.24. The smallest absolute Gasteiger partial charge is 0.226 e. The van der Waals surface area contributed by atoms with Crippen LogP contribution in [0.15, 0.2) is 22.0 Å². The largest absolute Gasteiger partial charge is 0.339 e. The van der Waals surface area contributed by atoms with Crippen LogP contribution in [-0.4, -0.2) is 16.7 Å². The Labute approximate surface area is 105 Å². The highest BCUT2D eigenvalue weighted by Crippen LogP contribution is 2.14. The van der Waals surface area contributed by atoms with Crippen LogP contribution in [0, 0.1) is 5.92 Å². The van der Waals surface area contributed by atoms with Crippen LogP contribution >= 0.6 is 11.3 Å². The van der Waals surface area contributed by atoms with Crippen molar-refractivity contribution in [2.24, 2.45) is 11.7 Å². The summed E-state index contributed by atoms with van der Waals surface area (Å²) in [4.78, 5) is 5.65. The van der Waals surface area contributed by atoms with Crippen LogP contribution in [0.2, 0.25) is 0 Å². The second kappa shape index (κ2) is 5.93. The molecule has 2 rings (SSSR count). The van der Waals surface area contributed by atoms with Gasteiger partial charge in [0.25, 0.3) is 0 Å². The zero-order valence-corrected chi connectivity index (χ0v) is 10.7. The maximum atomic E-state index is 5.66. The minimum absolute atomic E-state index is 0.435. The zero-order chi connectivity index (χ0) is 12.1. The lowest BCUT2D eigenvalue weighted by Crippen LogP contribution is -2.16. The van der Waals surface area contributed by atoms with Crippen LogP contribution in [0.3, 0.4) is 0 Å². The normalized spacial score (nSPS) is 12.8. The fourth-order valence-corrected chi connectivity index (χ4v) is 2.36. The van der Waals surface area contributed by atoms with Gasteiger partial charge in [-0.3, -0.25) is 0 Å². The molecule has 0 aliphatic carbocycles. The molecule has 2 aromatic heterocycles. The standard InChI is InChI=1S/C12H17N3OS/c1-2-9(8-13)6-12-14-11(15-16-12)7-10-4-3-5-17-10/h3-5,9H,2,6-8,13H2,1H3. The van der Waals surface area contributed by atoms with Crippen molar-refractivity contribution in [1.29, 1.82) is 0 Å². The second-order valence-electron chi connectivity index (χ2n) is 4.07. The molecule has 0 aliphatic heterocycles. The summed E-state index contributed by atoms with van der Waals surface area (Å²) in [6.07, 6.45) is 2.57. The van der Waals surface area contributed by atoms with Gasteiger partial charge >= 0.3 is 0 Å². The van der Waals surface area contributed by atoms with E-state index in [1.165, 1.54) is 4.88 Å². The summed E-state index contributed by atoms with van der Waals surface area (Å²) in [6.45, 7) is 2.79. The van der Waals surface area contributed by atoms with E-state index < -0.39 is 0 Å². The van der Waals surface area contributed by atoms with Crippen molar-refractivity contribution in [2.75, 3.05) is 6.54 Å². The molecule has 1 atom stereocenters. The Bertz CT molecular complexity index is 434. The lowest BCUT2D eigenvalue weighted by molar-refractivity contribution is 0.347. The van der Waals surface area contributed by atoms with Gasteiger partial charge < -0.3 is 10.3 Å². The molecular weight excluding hydrogens is 234 g/mol. The van der Waals surface area contributed by atoms with E-state index in [-0.39, 0.29) is 0 Å². The Kier molecular flexibility index (Phi) is 4.28. The molecule has 2 N–H and O–H groups in total. The molecule has 4 nitrogen and oxygen atoms in total. The summed E-state index contributed by atoms with van der Waals surface area (Å²) in [7, 11) is 0. The minimum atomic E-state index is 0.435. The molecule has 2 heterocycles. The number of rotatable bonds is 6. The fourth-order valence-electron chi connectivity index (χ4n) is 1.66. The van der Waals surface area contributed by atoms with Crippen molar-refractivity contribution in [3.63, 3.8) is 0 Å². The van der Waals surface area contributed by atoms with Gasteiger partial charge in [-0.05, 0) is 23.9 Å². The van der Waals surface area contributed by atoms with E-state index in [0.717, 1.165) is 25.1 Å². The molecular formula is C12H17N3OS. The predicted molar refractivity (Wildman–Crippen MR) is 68.0 cm³/mol. The van der Waals surface area contributed by atoms with E-state index in [0.29, 0.717) is 18.4 Å². The summed E-state index contributed by atoms with van der Waals surface area (Å²) in [5.41, 5.74) is 5.66. The van der Waals surface area contributed by atoms with Crippen molar-refractivity contribution >= 4 is 11.3 Å². The number of nitrogens with two attached hydrogens (primary N) is 1. The Hall–Kier alpha value is -1.20. The molecule has 0 spiro atoms. The third-order valence-electron chi connectivity index (χ3n) is 2.80. The molecule has 0 amide bonds. The number of hydrogen-bond donors (Lipinski definition) is 1. The lowest BCUT2D eigenvalue weighted by Gasteiger charge is -2.07. The van der Waals surface area contributed by atoms with Gasteiger partial charge in [0.2, 0.25) is 5.89 Å². The second-order valence-corrected chi connectivity index (χ2v) is 5.11. The first kappa shape index (κ1) is 12.3. The summed E-state index contributed by atoms with van der Waals surface area (Å²) in [5, 5.41) is 6.05. The minimum Gasteiger partial charge on any atom is -0.339 e. The van der Waals surface area contributed by atoms with Gasteiger partial charge in [0.1, 0.15) is 0 Å². The molecule has 0 saturated carbocycles. The number of nitrogens with zero attached hydrogens (tertiary/aromatic N) is 2. The van der Waals surface area contributed by atoms with Gasteiger partial charge in [0.05, 0.1) is 0 Å². The van der Waals surface area contributed by atoms with E-state index in [2.05, 4.69) is 28.5 Å². The maximum Gasteiger partial charge on any atom is 0.226 e. The van der Waals surface area contributed by atoms with E-state index >= 15 is 0 Å². The highest BCUT2D eigenvalue weighted by atomic mass is 32.1. The van der Waals surface area contributed by atoms with Crippen molar-refractivity contribution in [3.8, 4) is 0 Å². The van der Waals surface area contributed by atoms with E-state index in [1.807, 2.05) is 6.07 Å². The van der Waals surface area contributed by atoms with Gasteiger partial charge in [0, 0.05) is 17.7 Å². The molecule has 0 bridgehead atoms. The molecule has 1 unspecified atom stereocenters. The molecule has 2 aromatic rings. The van der Waals surface area contributed by atoms with Gasteiger partial charge in [0.15, 0.2) is 5.82 Å². The first-order valence-corrected chi connectivity index (χ1v) is 6.73. The molecule has 0 fully saturated rings. The van der Waals surface area contributed by atoms with E-state index in [1.54, 1.807) is 11.3 Å². The quantitative estimate of drug-likeness (QED) is 0.855. The average Bonchev–Trinajstić information content (AvgIpc) is 2.98. The summed E-state index contributed by atoms with van der Waals surface area (Å²) in [6, 6.07) is 4.11. The monoisotopic (exact) mass is 251 g/mol. The molecule has 92 valence electrons. The fraction of sp³-hybridized carbons (Fsp3) is 0.500. The molecule has 17 heavy (non-hydrogen) atoms. The van der Waals surface area contributed by atoms with Gasteiger partial charge in [-0.1, -0.05) is 24.6 Å². The number of hydrogen-bond acceptors (Lipinski definition) is 5. The lowest BCUT2D eigenvalue weighted by atomic mass is 10.0. The van der Waals surface area contributed by atoms with E-state index in [4.69, 9.17) is 10.3 Å². The highest BCUT2D eigenvalue weighted by Gasteiger charge is 2.12.